The normalized spacial score (nSPS) is 36.3. The van der Waals surface area contributed by atoms with Crippen LogP contribution in [-0.2, 0) is 4.79 Å². The molecular formula is C10H18O2. The van der Waals surface area contributed by atoms with Crippen molar-refractivity contribution in [3.63, 3.8) is 0 Å². The predicted molar refractivity (Wildman–Crippen MR) is 47.9 cm³/mol. The van der Waals surface area contributed by atoms with Gasteiger partial charge in [-0.3, -0.25) is 4.79 Å². The second kappa shape index (κ2) is 3.92. The predicted octanol–water partition coefficient (Wildman–Crippen LogP) is 2.53. The van der Waals surface area contributed by atoms with Gasteiger partial charge in [-0.25, -0.2) is 0 Å². The Bertz CT molecular complexity index is 165. The van der Waals surface area contributed by atoms with E-state index in [1.165, 1.54) is 0 Å². The Balaban J connectivity index is 2.56. The average Bonchev–Trinajstić information content (AvgIpc) is 2.03. The first kappa shape index (κ1) is 9.56. The van der Waals surface area contributed by atoms with Crippen molar-refractivity contribution in [2.45, 2.75) is 39.5 Å². The van der Waals surface area contributed by atoms with Gasteiger partial charge in [0.2, 0.25) is 0 Å². The molecule has 70 valence electrons. The van der Waals surface area contributed by atoms with Crippen LogP contribution in [0, 0.1) is 17.8 Å². The molecule has 3 unspecified atom stereocenters. The molecule has 0 aromatic heterocycles. The van der Waals surface area contributed by atoms with Crippen molar-refractivity contribution in [2.75, 3.05) is 0 Å². The van der Waals surface area contributed by atoms with E-state index in [4.69, 9.17) is 5.11 Å². The Labute approximate surface area is 74.0 Å². The van der Waals surface area contributed by atoms with Gasteiger partial charge in [-0.2, -0.15) is 0 Å². The maximum absolute atomic E-state index is 10.8. The zero-order valence-corrected chi connectivity index (χ0v) is 7.92. The monoisotopic (exact) mass is 170 g/mol. The lowest BCUT2D eigenvalue weighted by Gasteiger charge is -2.31. The highest BCUT2D eigenvalue weighted by molar-refractivity contribution is 5.70. The molecule has 0 saturated heterocycles. The third-order valence-corrected chi connectivity index (χ3v) is 3.09. The first-order valence-corrected chi connectivity index (χ1v) is 4.88. The molecule has 1 N–H and O–H groups in total. The van der Waals surface area contributed by atoms with E-state index >= 15 is 0 Å². The SMILES string of the molecule is CCC1CC(C)CCC1C(=O)O. The molecule has 0 aliphatic heterocycles. The van der Waals surface area contributed by atoms with Gasteiger partial charge in [0.25, 0.3) is 0 Å². The van der Waals surface area contributed by atoms with Crippen molar-refractivity contribution in [1.82, 2.24) is 0 Å². The fourth-order valence-electron chi connectivity index (χ4n) is 2.28. The van der Waals surface area contributed by atoms with Crippen LogP contribution in [0.1, 0.15) is 39.5 Å². The Kier molecular flexibility index (Phi) is 3.12. The first-order chi connectivity index (χ1) is 5.65. The number of aliphatic carboxylic acids is 1. The van der Waals surface area contributed by atoms with Crippen LogP contribution in [0.15, 0.2) is 0 Å². The van der Waals surface area contributed by atoms with Crippen LogP contribution in [0.3, 0.4) is 0 Å². The van der Waals surface area contributed by atoms with E-state index < -0.39 is 5.97 Å². The highest BCUT2D eigenvalue weighted by Crippen LogP contribution is 2.35. The Morgan fingerprint density at radius 2 is 2.17 bits per heavy atom. The number of carbonyl (C=O) groups is 1. The highest BCUT2D eigenvalue weighted by Gasteiger charge is 2.31. The van der Waals surface area contributed by atoms with E-state index in [1.54, 1.807) is 0 Å². The standard InChI is InChI=1S/C10H18O2/c1-3-8-6-7(2)4-5-9(8)10(11)12/h7-9H,3-6H2,1-2H3,(H,11,12). The van der Waals surface area contributed by atoms with Gasteiger partial charge in [-0.05, 0) is 31.1 Å². The summed E-state index contributed by atoms with van der Waals surface area (Å²) in [6.07, 6.45) is 4.09. The van der Waals surface area contributed by atoms with Gasteiger partial charge in [-0.1, -0.05) is 20.3 Å². The zero-order valence-electron chi connectivity index (χ0n) is 7.92. The summed E-state index contributed by atoms with van der Waals surface area (Å²) >= 11 is 0. The molecule has 0 amide bonds. The fraction of sp³-hybridized carbons (Fsp3) is 0.900. The highest BCUT2D eigenvalue weighted by atomic mass is 16.4. The quantitative estimate of drug-likeness (QED) is 0.691. The van der Waals surface area contributed by atoms with Crippen molar-refractivity contribution >= 4 is 5.97 Å². The summed E-state index contributed by atoms with van der Waals surface area (Å²) in [6.45, 7) is 4.32. The molecule has 1 aliphatic rings. The summed E-state index contributed by atoms with van der Waals surface area (Å²) in [5.74, 6) is 0.497. The third-order valence-electron chi connectivity index (χ3n) is 3.09. The number of hydrogen-bond donors (Lipinski definition) is 1. The topological polar surface area (TPSA) is 37.3 Å². The van der Waals surface area contributed by atoms with Gasteiger partial charge < -0.3 is 5.11 Å². The first-order valence-electron chi connectivity index (χ1n) is 4.88. The minimum atomic E-state index is -0.589. The maximum atomic E-state index is 10.8. The van der Waals surface area contributed by atoms with E-state index in [0.717, 1.165) is 31.6 Å². The van der Waals surface area contributed by atoms with E-state index in [9.17, 15) is 4.79 Å². The van der Waals surface area contributed by atoms with Crippen LogP contribution in [-0.4, -0.2) is 11.1 Å². The summed E-state index contributed by atoms with van der Waals surface area (Å²) < 4.78 is 0. The molecule has 1 rings (SSSR count). The second-order valence-corrected chi connectivity index (χ2v) is 4.03. The number of carboxylic acid groups (broad SMARTS) is 1. The minimum absolute atomic E-state index is 0.0637. The largest absolute Gasteiger partial charge is 0.481 e. The van der Waals surface area contributed by atoms with E-state index in [-0.39, 0.29) is 5.92 Å². The number of carboxylic acids is 1. The zero-order chi connectivity index (χ0) is 9.14. The fourth-order valence-corrected chi connectivity index (χ4v) is 2.28. The van der Waals surface area contributed by atoms with Crippen molar-refractivity contribution in [3.8, 4) is 0 Å². The Morgan fingerprint density at radius 1 is 1.50 bits per heavy atom. The molecule has 12 heavy (non-hydrogen) atoms. The molecule has 2 nitrogen and oxygen atoms in total. The summed E-state index contributed by atoms with van der Waals surface area (Å²) in [5.41, 5.74) is 0. The Morgan fingerprint density at radius 3 is 2.67 bits per heavy atom. The molecule has 0 aromatic rings. The van der Waals surface area contributed by atoms with E-state index in [2.05, 4.69) is 13.8 Å². The number of hydrogen-bond acceptors (Lipinski definition) is 1. The van der Waals surface area contributed by atoms with Crippen molar-refractivity contribution in [2.24, 2.45) is 17.8 Å². The van der Waals surface area contributed by atoms with E-state index in [0.29, 0.717) is 5.92 Å². The van der Waals surface area contributed by atoms with Crippen molar-refractivity contribution in [1.29, 1.82) is 0 Å². The molecule has 1 aliphatic carbocycles. The summed E-state index contributed by atoms with van der Waals surface area (Å²) in [5, 5.41) is 8.93. The molecule has 2 heteroatoms. The smallest absolute Gasteiger partial charge is 0.306 e. The van der Waals surface area contributed by atoms with Gasteiger partial charge in [0, 0.05) is 0 Å². The maximum Gasteiger partial charge on any atom is 0.306 e. The van der Waals surface area contributed by atoms with Crippen molar-refractivity contribution < 1.29 is 9.90 Å². The lowest BCUT2D eigenvalue weighted by atomic mass is 9.73. The molecule has 0 aromatic carbocycles. The molecule has 1 saturated carbocycles. The minimum Gasteiger partial charge on any atom is -0.481 e. The molecule has 3 atom stereocenters. The molecular weight excluding hydrogens is 152 g/mol. The van der Waals surface area contributed by atoms with Gasteiger partial charge in [-0.15, -0.1) is 0 Å². The van der Waals surface area contributed by atoms with Gasteiger partial charge in [0.1, 0.15) is 0 Å². The van der Waals surface area contributed by atoms with Gasteiger partial charge >= 0.3 is 5.97 Å². The average molecular weight is 170 g/mol. The summed E-state index contributed by atoms with van der Waals surface area (Å²) in [7, 11) is 0. The van der Waals surface area contributed by atoms with Crippen LogP contribution in [0.25, 0.3) is 0 Å². The van der Waals surface area contributed by atoms with Crippen LogP contribution in [0.5, 0.6) is 0 Å². The van der Waals surface area contributed by atoms with Crippen LogP contribution >= 0.6 is 0 Å². The molecule has 0 spiro atoms. The second-order valence-electron chi connectivity index (χ2n) is 4.03. The number of rotatable bonds is 2. The lowest BCUT2D eigenvalue weighted by molar-refractivity contribution is -0.145. The van der Waals surface area contributed by atoms with Crippen LogP contribution < -0.4 is 0 Å². The van der Waals surface area contributed by atoms with Gasteiger partial charge in [0.15, 0.2) is 0 Å². The van der Waals surface area contributed by atoms with Crippen LogP contribution in [0.2, 0.25) is 0 Å². The molecule has 0 bridgehead atoms. The summed E-state index contributed by atoms with van der Waals surface area (Å²) in [4.78, 5) is 10.8. The third kappa shape index (κ3) is 1.99. The molecule has 0 radical (unpaired) electrons. The molecule has 1 fully saturated rings. The lowest BCUT2D eigenvalue weighted by Crippen LogP contribution is -2.29. The van der Waals surface area contributed by atoms with Crippen molar-refractivity contribution in [3.05, 3.63) is 0 Å². The molecule has 0 heterocycles. The van der Waals surface area contributed by atoms with E-state index in [1.807, 2.05) is 0 Å². The van der Waals surface area contributed by atoms with Crippen LogP contribution in [0.4, 0.5) is 0 Å². The van der Waals surface area contributed by atoms with Gasteiger partial charge in [0.05, 0.1) is 5.92 Å². The summed E-state index contributed by atoms with van der Waals surface area (Å²) in [6, 6.07) is 0. The Hall–Kier alpha value is -0.530.